The van der Waals surface area contributed by atoms with Crippen LogP contribution in [0.25, 0.3) is 22.3 Å². The maximum absolute atomic E-state index is 12.8. The molecule has 4 rings (SSSR count). The van der Waals surface area contributed by atoms with Crippen LogP contribution in [-0.4, -0.2) is 40.9 Å². The number of aromatic nitrogens is 3. The Morgan fingerprint density at radius 2 is 2.07 bits per heavy atom. The molecule has 3 heterocycles. The first-order chi connectivity index (χ1) is 13.8. The maximum atomic E-state index is 12.8. The standard InChI is InChI=1S/C21H20N4O3/c1-27-11-9-22-21(26)17-12-19(15-6-3-2-4-7-15)24-20-18(17)13-23-25(20)14-16-8-5-10-28-16/h2-8,10,12-13H,9,11,14H2,1H3,(H,22,26). The second kappa shape index (κ2) is 8.06. The van der Waals surface area contributed by atoms with E-state index in [-0.39, 0.29) is 5.91 Å². The summed E-state index contributed by atoms with van der Waals surface area (Å²) in [5.41, 5.74) is 2.81. The van der Waals surface area contributed by atoms with E-state index in [1.165, 1.54) is 0 Å². The van der Waals surface area contributed by atoms with Crippen LogP contribution in [-0.2, 0) is 11.3 Å². The number of carbonyl (C=O) groups excluding carboxylic acids is 1. The highest BCUT2D eigenvalue weighted by Gasteiger charge is 2.18. The molecule has 1 amide bonds. The van der Waals surface area contributed by atoms with Gasteiger partial charge in [-0.05, 0) is 18.2 Å². The number of hydrogen-bond donors (Lipinski definition) is 1. The molecule has 7 nitrogen and oxygen atoms in total. The first kappa shape index (κ1) is 17.9. The van der Waals surface area contributed by atoms with E-state index in [1.54, 1.807) is 30.3 Å². The Bertz CT molecular complexity index is 1070. The second-order valence-electron chi connectivity index (χ2n) is 6.29. The van der Waals surface area contributed by atoms with Gasteiger partial charge >= 0.3 is 0 Å². The molecule has 28 heavy (non-hydrogen) atoms. The third-order valence-electron chi connectivity index (χ3n) is 4.40. The molecule has 1 aromatic carbocycles. The van der Waals surface area contributed by atoms with E-state index in [9.17, 15) is 4.79 Å². The summed E-state index contributed by atoms with van der Waals surface area (Å²) < 4.78 is 12.2. The number of hydrogen-bond acceptors (Lipinski definition) is 5. The number of furan rings is 1. The molecule has 0 aliphatic rings. The van der Waals surface area contributed by atoms with E-state index in [4.69, 9.17) is 14.1 Å². The number of pyridine rings is 1. The molecule has 0 fully saturated rings. The van der Waals surface area contributed by atoms with Crippen LogP contribution in [0.2, 0.25) is 0 Å². The molecule has 0 aliphatic heterocycles. The minimum absolute atomic E-state index is 0.181. The van der Waals surface area contributed by atoms with Crippen LogP contribution in [0.3, 0.4) is 0 Å². The average molecular weight is 376 g/mol. The first-order valence-electron chi connectivity index (χ1n) is 8.98. The van der Waals surface area contributed by atoms with Crippen LogP contribution in [0.4, 0.5) is 0 Å². The highest BCUT2D eigenvalue weighted by Crippen LogP contribution is 2.25. The highest BCUT2D eigenvalue weighted by atomic mass is 16.5. The van der Waals surface area contributed by atoms with Crippen molar-refractivity contribution >= 4 is 16.9 Å². The molecule has 3 aromatic heterocycles. The summed E-state index contributed by atoms with van der Waals surface area (Å²) in [5.74, 6) is 0.585. The Morgan fingerprint density at radius 1 is 1.21 bits per heavy atom. The monoisotopic (exact) mass is 376 g/mol. The van der Waals surface area contributed by atoms with E-state index in [2.05, 4.69) is 10.4 Å². The van der Waals surface area contributed by atoms with Gasteiger partial charge in [0, 0.05) is 19.2 Å². The van der Waals surface area contributed by atoms with Crippen molar-refractivity contribution in [2.24, 2.45) is 0 Å². The van der Waals surface area contributed by atoms with Crippen LogP contribution < -0.4 is 5.32 Å². The van der Waals surface area contributed by atoms with Gasteiger partial charge in [0.2, 0.25) is 0 Å². The highest BCUT2D eigenvalue weighted by molar-refractivity contribution is 6.06. The quantitative estimate of drug-likeness (QED) is 0.501. The minimum Gasteiger partial charge on any atom is -0.467 e. The van der Waals surface area contributed by atoms with Crippen LogP contribution in [0.5, 0.6) is 0 Å². The van der Waals surface area contributed by atoms with Crippen LogP contribution in [0.15, 0.2) is 65.4 Å². The zero-order chi connectivity index (χ0) is 19.3. The Kier molecular flexibility index (Phi) is 5.16. The maximum Gasteiger partial charge on any atom is 0.252 e. The fourth-order valence-electron chi connectivity index (χ4n) is 3.02. The molecule has 0 atom stereocenters. The number of carbonyl (C=O) groups is 1. The Balaban J connectivity index is 1.79. The van der Waals surface area contributed by atoms with Crippen molar-refractivity contribution in [3.05, 3.63) is 72.3 Å². The summed E-state index contributed by atoms with van der Waals surface area (Å²) in [6.07, 6.45) is 3.30. The second-order valence-corrected chi connectivity index (χ2v) is 6.29. The molecular weight excluding hydrogens is 356 g/mol. The molecule has 1 N–H and O–H groups in total. The van der Waals surface area contributed by atoms with E-state index >= 15 is 0 Å². The Labute approximate surface area is 161 Å². The normalized spacial score (nSPS) is 11.0. The van der Waals surface area contributed by atoms with E-state index in [1.807, 2.05) is 42.5 Å². The summed E-state index contributed by atoms with van der Waals surface area (Å²) in [4.78, 5) is 17.6. The van der Waals surface area contributed by atoms with Gasteiger partial charge < -0.3 is 14.5 Å². The smallest absolute Gasteiger partial charge is 0.252 e. The van der Waals surface area contributed by atoms with Gasteiger partial charge in [0.1, 0.15) is 12.3 Å². The average Bonchev–Trinajstić information content (AvgIpc) is 3.39. The summed E-state index contributed by atoms with van der Waals surface area (Å²) in [5, 5.41) is 8.01. The zero-order valence-corrected chi connectivity index (χ0v) is 15.5. The lowest BCUT2D eigenvalue weighted by molar-refractivity contribution is 0.0938. The lowest BCUT2D eigenvalue weighted by atomic mass is 10.1. The zero-order valence-electron chi connectivity index (χ0n) is 15.5. The molecule has 0 radical (unpaired) electrons. The predicted octanol–water partition coefficient (Wildman–Crippen LogP) is 3.12. The molecule has 0 saturated heterocycles. The number of fused-ring (bicyclic) bond motifs is 1. The fourth-order valence-corrected chi connectivity index (χ4v) is 3.02. The third kappa shape index (κ3) is 3.65. The number of ether oxygens (including phenoxy) is 1. The number of methoxy groups -OCH3 is 1. The van der Waals surface area contributed by atoms with Gasteiger partial charge in [-0.25, -0.2) is 9.67 Å². The number of rotatable bonds is 7. The summed E-state index contributed by atoms with van der Waals surface area (Å²) >= 11 is 0. The lowest BCUT2D eigenvalue weighted by Gasteiger charge is -2.09. The number of nitrogens with zero attached hydrogens (tertiary/aromatic N) is 3. The molecule has 0 aliphatic carbocycles. The van der Waals surface area contributed by atoms with Crippen molar-refractivity contribution in [1.82, 2.24) is 20.1 Å². The fraction of sp³-hybridized carbons (Fsp3) is 0.190. The van der Waals surface area contributed by atoms with Crippen LogP contribution in [0, 0.1) is 0 Å². The van der Waals surface area contributed by atoms with Gasteiger partial charge in [0.05, 0.1) is 35.7 Å². The largest absolute Gasteiger partial charge is 0.467 e. The molecule has 0 saturated carbocycles. The Hall–Kier alpha value is -3.45. The Morgan fingerprint density at radius 3 is 2.82 bits per heavy atom. The molecule has 0 unspecified atom stereocenters. The first-order valence-corrected chi connectivity index (χ1v) is 8.98. The van der Waals surface area contributed by atoms with E-state index < -0.39 is 0 Å². The molecule has 0 bridgehead atoms. The van der Waals surface area contributed by atoms with E-state index in [0.717, 1.165) is 11.3 Å². The SMILES string of the molecule is COCCNC(=O)c1cc(-c2ccccc2)nc2c1cnn2Cc1ccco1. The van der Waals surface area contributed by atoms with Crippen molar-refractivity contribution in [2.75, 3.05) is 20.3 Å². The summed E-state index contributed by atoms with van der Waals surface area (Å²) in [6.45, 7) is 1.32. The summed E-state index contributed by atoms with van der Waals surface area (Å²) in [7, 11) is 1.60. The molecule has 4 aromatic rings. The van der Waals surface area contributed by atoms with Crippen molar-refractivity contribution in [1.29, 1.82) is 0 Å². The van der Waals surface area contributed by atoms with Gasteiger partial charge in [-0.3, -0.25) is 4.79 Å². The van der Waals surface area contributed by atoms with Crippen molar-refractivity contribution < 1.29 is 13.9 Å². The summed E-state index contributed by atoms with van der Waals surface area (Å²) in [6, 6.07) is 15.3. The van der Waals surface area contributed by atoms with Gasteiger partial charge in [0.25, 0.3) is 5.91 Å². The lowest BCUT2D eigenvalue weighted by Crippen LogP contribution is -2.27. The van der Waals surface area contributed by atoms with Crippen molar-refractivity contribution in [2.45, 2.75) is 6.54 Å². The van der Waals surface area contributed by atoms with Crippen LogP contribution >= 0.6 is 0 Å². The van der Waals surface area contributed by atoms with Gasteiger partial charge in [-0.2, -0.15) is 5.10 Å². The van der Waals surface area contributed by atoms with Gasteiger partial charge in [-0.15, -0.1) is 0 Å². The third-order valence-corrected chi connectivity index (χ3v) is 4.40. The van der Waals surface area contributed by atoms with E-state index in [0.29, 0.717) is 42.0 Å². The molecule has 0 spiro atoms. The number of benzene rings is 1. The van der Waals surface area contributed by atoms with Gasteiger partial charge in [0.15, 0.2) is 5.65 Å². The van der Waals surface area contributed by atoms with Crippen molar-refractivity contribution in [3.8, 4) is 11.3 Å². The number of nitrogens with one attached hydrogen (secondary N) is 1. The van der Waals surface area contributed by atoms with Crippen LogP contribution in [0.1, 0.15) is 16.1 Å². The molecule has 142 valence electrons. The molecular formula is C21H20N4O3. The van der Waals surface area contributed by atoms with Crippen molar-refractivity contribution in [3.63, 3.8) is 0 Å². The topological polar surface area (TPSA) is 82.2 Å². The predicted molar refractivity (Wildman–Crippen MR) is 105 cm³/mol. The minimum atomic E-state index is -0.181. The van der Waals surface area contributed by atoms with Gasteiger partial charge in [-0.1, -0.05) is 30.3 Å². The molecule has 7 heteroatoms. The number of amides is 1.